The number of amides is 1. The number of anilines is 1. The predicted octanol–water partition coefficient (Wildman–Crippen LogP) is 4.27. The minimum atomic E-state index is -0.346. The zero-order chi connectivity index (χ0) is 17.6. The minimum absolute atomic E-state index is 0.165. The highest BCUT2D eigenvalue weighted by atomic mass is 79.9. The molecule has 0 spiro atoms. The molecule has 0 fully saturated rings. The topological polar surface area (TPSA) is 69.3 Å². The van der Waals surface area contributed by atoms with Gasteiger partial charge in [0.1, 0.15) is 6.04 Å². The summed E-state index contributed by atoms with van der Waals surface area (Å²) >= 11 is 3.40. The van der Waals surface area contributed by atoms with Gasteiger partial charge in [0.25, 0.3) is 5.91 Å². The van der Waals surface area contributed by atoms with Gasteiger partial charge in [-0.1, -0.05) is 41.1 Å². The molecule has 0 saturated carbocycles. The van der Waals surface area contributed by atoms with Crippen molar-refractivity contribution in [2.24, 2.45) is 5.10 Å². The van der Waals surface area contributed by atoms with Crippen LogP contribution in [0.2, 0.25) is 0 Å². The molecular weight excluding hydrogens is 380 g/mol. The van der Waals surface area contributed by atoms with Gasteiger partial charge in [-0.05, 0) is 36.8 Å². The predicted molar refractivity (Wildman–Crippen MR) is 106 cm³/mol. The minimum Gasteiger partial charge on any atom is -0.374 e. The first-order valence-electron chi connectivity index (χ1n) is 8.08. The summed E-state index contributed by atoms with van der Waals surface area (Å²) in [6, 6.07) is 15.3. The average Bonchev–Trinajstić information content (AvgIpc) is 3.04. The quantitative estimate of drug-likeness (QED) is 0.428. The Kier molecular flexibility index (Phi) is 5.50. The molecule has 0 bridgehead atoms. The number of rotatable bonds is 6. The van der Waals surface area contributed by atoms with Crippen molar-refractivity contribution in [1.29, 1.82) is 0 Å². The third-order valence-electron chi connectivity index (χ3n) is 3.91. The zero-order valence-corrected chi connectivity index (χ0v) is 15.4. The summed E-state index contributed by atoms with van der Waals surface area (Å²) in [6.07, 6.45) is 4.19. The van der Waals surface area contributed by atoms with Gasteiger partial charge >= 0.3 is 0 Å². The lowest BCUT2D eigenvalue weighted by Crippen LogP contribution is -2.36. The average molecular weight is 399 g/mol. The number of benzene rings is 2. The van der Waals surface area contributed by atoms with Crippen molar-refractivity contribution < 1.29 is 4.79 Å². The van der Waals surface area contributed by atoms with Crippen LogP contribution < -0.4 is 10.7 Å². The van der Waals surface area contributed by atoms with E-state index in [-0.39, 0.29) is 11.9 Å². The Hall–Kier alpha value is -2.60. The Bertz CT molecular complexity index is 886. The summed E-state index contributed by atoms with van der Waals surface area (Å²) in [5.41, 5.74) is 5.48. The van der Waals surface area contributed by atoms with Gasteiger partial charge in [0, 0.05) is 32.8 Å². The van der Waals surface area contributed by atoms with Gasteiger partial charge in [-0.15, -0.1) is 0 Å². The molecule has 128 valence electrons. The number of nitrogens with one attached hydrogen (secondary N) is 3. The van der Waals surface area contributed by atoms with Gasteiger partial charge in [0.15, 0.2) is 0 Å². The number of fused-ring (bicyclic) bond motifs is 1. The molecule has 1 heterocycles. The normalized spacial score (nSPS) is 12.4. The number of nitrogens with zero attached hydrogens (tertiary/aromatic N) is 1. The number of hydrazone groups is 1. The Morgan fingerprint density at radius 3 is 2.76 bits per heavy atom. The standard InChI is InChI=1S/C19H19BrN4O/c1-2-17(23-15-9-7-14(20)8-10-15)19(25)24-22-12-13-11-21-18-6-4-3-5-16(13)18/h3-12,17,21,23H,2H2,1H3,(H,24,25)/b22-12+/t17-/m1/s1. The van der Waals surface area contributed by atoms with Gasteiger partial charge in [-0.2, -0.15) is 5.10 Å². The van der Waals surface area contributed by atoms with Crippen molar-refractivity contribution >= 4 is 44.6 Å². The molecule has 1 atom stereocenters. The molecule has 0 saturated heterocycles. The fourth-order valence-corrected chi connectivity index (χ4v) is 2.81. The number of aromatic nitrogens is 1. The van der Waals surface area contributed by atoms with Crippen LogP contribution in [0.25, 0.3) is 10.9 Å². The monoisotopic (exact) mass is 398 g/mol. The smallest absolute Gasteiger partial charge is 0.262 e. The van der Waals surface area contributed by atoms with E-state index in [2.05, 4.69) is 36.8 Å². The van der Waals surface area contributed by atoms with Crippen LogP contribution in [0, 0.1) is 0 Å². The first-order valence-corrected chi connectivity index (χ1v) is 8.88. The van der Waals surface area contributed by atoms with Gasteiger partial charge in [0.05, 0.1) is 6.21 Å². The summed E-state index contributed by atoms with van der Waals surface area (Å²) in [7, 11) is 0. The molecule has 0 radical (unpaired) electrons. The number of carbonyl (C=O) groups excluding carboxylic acids is 1. The molecule has 0 aliphatic rings. The van der Waals surface area contributed by atoms with Gasteiger partial charge in [-0.25, -0.2) is 5.43 Å². The number of hydrogen-bond acceptors (Lipinski definition) is 3. The van der Waals surface area contributed by atoms with Crippen LogP contribution in [0.4, 0.5) is 5.69 Å². The Labute approximate surface area is 154 Å². The SMILES string of the molecule is CC[C@@H](Nc1ccc(Br)cc1)C(=O)N/N=C/c1c[nH]c2ccccc12. The molecule has 5 nitrogen and oxygen atoms in total. The molecule has 6 heteroatoms. The lowest BCUT2D eigenvalue weighted by atomic mass is 10.2. The zero-order valence-electron chi connectivity index (χ0n) is 13.8. The highest BCUT2D eigenvalue weighted by Gasteiger charge is 2.15. The molecule has 2 aromatic carbocycles. The van der Waals surface area contributed by atoms with E-state index in [4.69, 9.17) is 0 Å². The fourth-order valence-electron chi connectivity index (χ4n) is 2.54. The molecule has 25 heavy (non-hydrogen) atoms. The van der Waals surface area contributed by atoms with E-state index in [9.17, 15) is 4.79 Å². The maximum atomic E-state index is 12.3. The molecule has 0 aliphatic heterocycles. The van der Waals surface area contributed by atoms with E-state index in [0.717, 1.165) is 26.6 Å². The van der Waals surface area contributed by atoms with E-state index in [1.165, 1.54) is 0 Å². The first-order chi connectivity index (χ1) is 12.2. The van der Waals surface area contributed by atoms with Crippen LogP contribution in [0.5, 0.6) is 0 Å². The number of aromatic amines is 1. The van der Waals surface area contributed by atoms with Crippen LogP contribution in [-0.2, 0) is 4.79 Å². The van der Waals surface area contributed by atoms with Crippen molar-refractivity contribution in [3.05, 3.63) is 64.8 Å². The van der Waals surface area contributed by atoms with E-state index < -0.39 is 0 Å². The maximum absolute atomic E-state index is 12.3. The van der Waals surface area contributed by atoms with Crippen LogP contribution in [-0.4, -0.2) is 23.1 Å². The molecule has 0 aliphatic carbocycles. The van der Waals surface area contributed by atoms with Crippen LogP contribution in [0.1, 0.15) is 18.9 Å². The highest BCUT2D eigenvalue weighted by Crippen LogP contribution is 2.16. The summed E-state index contributed by atoms with van der Waals surface area (Å²) in [4.78, 5) is 15.5. The van der Waals surface area contributed by atoms with Gasteiger partial charge in [0.2, 0.25) is 0 Å². The molecule has 3 N–H and O–H groups in total. The third kappa shape index (κ3) is 4.28. The fraction of sp³-hybridized carbons (Fsp3) is 0.158. The molecule has 1 aromatic heterocycles. The second-order valence-corrected chi connectivity index (χ2v) is 6.55. The largest absolute Gasteiger partial charge is 0.374 e. The van der Waals surface area contributed by atoms with E-state index in [0.29, 0.717) is 6.42 Å². The molecule has 0 unspecified atom stereocenters. The number of H-pyrrole nitrogens is 1. The number of halogens is 1. The Morgan fingerprint density at radius 1 is 1.24 bits per heavy atom. The number of hydrogen-bond donors (Lipinski definition) is 3. The second-order valence-electron chi connectivity index (χ2n) is 5.64. The van der Waals surface area contributed by atoms with Crippen molar-refractivity contribution in [3.63, 3.8) is 0 Å². The maximum Gasteiger partial charge on any atom is 0.262 e. The van der Waals surface area contributed by atoms with Crippen molar-refractivity contribution in [3.8, 4) is 0 Å². The summed E-state index contributed by atoms with van der Waals surface area (Å²) < 4.78 is 0.999. The van der Waals surface area contributed by atoms with Crippen LogP contribution >= 0.6 is 15.9 Å². The third-order valence-corrected chi connectivity index (χ3v) is 4.44. The molecule has 3 rings (SSSR count). The molecular formula is C19H19BrN4O. The Balaban J connectivity index is 1.62. The number of para-hydroxylation sites is 1. The molecule has 1 amide bonds. The number of carbonyl (C=O) groups is 1. The van der Waals surface area contributed by atoms with Gasteiger partial charge in [-0.3, -0.25) is 4.79 Å². The highest BCUT2D eigenvalue weighted by molar-refractivity contribution is 9.10. The van der Waals surface area contributed by atoms with Crippen molar-refractivity contribution in [2.45, 2.75) is 19.4 Å². The van der Waals surface area contributed by atoms with Gasteiger partial charge < -0.3 is 10.3 Å². The molecule has 3 aromatic rings. The lowest BCUT2D eigenvalue weighted by Gasteiger charge is -2.16. The first kappa shape index (κ1) is 17.2. The van der Waals surface area contributed by atoms with Crippen molar-refractivity contribution in [2.75, 3.05) is 5.32 Å². The lowest BCUT2D eigenvalue weighted by molar-refractivity contribution is -0.121. The summed E-state index contributed by atoms with van der Waals surface area (Å²) in [5.74, 6) is -0.165. The summed E-state index contributed by atoms with van der Waals surface area (Å²) in [5, 5.41) is 8.38. The van der Waals surface area contributed by atoms with E-state index in [1.807, 2.05) is 61.7 Å². The van der Waals surface area contributed by atoms with Crippen molar-refractivity contribution in [1.82, 2.24) is 10.4 Å². The summed E-state index contributed by atoms with van der Waals surface area (Å²) in [6.45, 7) is 1.96. The van der Waals surface area contributed by atoms with E-state index >= 15 is 0 Å². The second kappa shape index (κ2) is 7.98. The van der Waals surface area contributed by atoms with E-state index in [1.54, 1.807) is 6.21 Å². The van der Waals surface area contributed by atoms with Crippen LogP contribution in [0.3, 0.4) is 0 Å². The van der Waals surface area contributed by atoms with Crippen LogP contribution in [0.15, 0.2) is 64.3 Å². The Morgan fingerprint density at radius 2 is 2.00 bits per heavy atom.